The number of carbonyl (C=O) groups is 1. The van der Waals surface area contributed by atoms with Crippen LogP contribution in [0.4, 0.5) is 0 Å². The van der Waals surface area contributed by atoms with Crippen molar-refractivity contribution in [3.05, 3.63) is 46.2 Å². The molecule has 0 saturated heterocycles. The molecule has 0 aliphatic rings. The summed E-state index contributed by atoms with van der Waals surface area (Å²) in [5.41, 5.74) is 6.35. The van der Waals surface area contributed by atoms with Crippen molar-refractivity contribution in [3.8, 4) is 0 Å². The van der Waals surface area contributed by atoms with E-state index in [0.717, 1.165) is 5.39 Å². The summed E-state index contributed by atoms with van der Waals surface area (Å²) in [7, 11) is 1.69. The number of nitrogens with zero attached hydrogens (tertiary/aromatic N) is 1. The highest BCUT2D eigenvalue weighted by Gasteiger charge is 2.19. The van der Waals surface area contributed by atoms with E-state index in [0.29, 0.717) is 17.6 Å². The quantitative estimate of drug-likeness (QED) is 0.897. The Morgan fingerprint density at radius 1 is 1.40 bits per heavy atom. The molecular formula is C14H18ClN3O2. The summed E-state index contributed by atoms with van der Waals surface area (Å²) in [6.45, 7) is 2.25. The van der Waals surface area contributed by atoms with E-state index in [4.69, 9.17) is 5.73 Å². The maximum absolute atomic E-state index is 12.4. The van der Waals surface area contributed by atoms with Gasteiger partial charge in [0.2, 0.25) is 5.56 Å². The van der Waals surface area contributed by atoms with Gasteiger partial charge in [-0.2, -0.15) is 0 Å². The van der Waals surface area contributed by atoms with Gasteiger partial charge in [-0.1, -0.05) is 18.2 Å². The first-order chi connectivity index (χ1) is 9.04. The van der Waals surface area contributed by atoms with Crippen LogP contribution in [-0.2, 0) is 0 Å². The number of benzene rings is 1. The molecule has 2 aromatic rings. The van der Waals surface area contributed by atoms with Crippen molar-refractivity contribution in [1.29, 1.82) is 0 Å². The van der Waals surface area contributed by atoms with Crippen molar-refractivity contribution >= 4 is 29.2 Å². The number of rotatable bonds is 3. The molecule has 1 aromatic carbocycles. The van der Waals surface area contributed by atoms with E-state index in [-0.39, 0.29) is 29.9 Å². The van der Waals surface area contributed by atoms with Crippen LogP contribution >= 0.6 is 12.4 Å². The van der Waals surface area contributed by atoms with Crippen molar-refractivity contribution in [2.45, 2.75) is 13.0 Å². The number of likely N-dealkylation sites (N-methyl/N-ethyl adjacent to an activating group) is 1. The number of aromatic amines is 1. The van der Waals surface area contributed by atoms with Gasteiger partial charge in [0.05, 0.1) is 5.56 Å². The highest BCUT2D eigenvalue weighted by molar-refractivity contribution is 6.05. The molecule has 0 saturated carbocycles. The largest absolute Gasteiger partial charge is 0.338 e. The van der Waals surface area contributed by atoms with Crippen molar-refractivity contribution in [1.82, 2.24) is 9.88 Å². The van der Waals surface area contributed by atoms with Crippen LogP contribution in [0, 0.1) is 0 Å². The average molecular weight is 296 g/mol. The van der Waals surface area contributed by atoms with Gasteiger partial charge in [0.25, 0.3) is 5.91 Å². The number of aromatic nitrogens is 1. The lowest BCUT2D eigenvalue weighted by Crippen LogP contribution is -2.40. The zero-order chi connectivity index (χ0) is 14.0. The van der Waals surface area contributed by atoms with Gasteiger partial charge in [0.1, 0.15) is 0 Å². The Hall–Kier alpha value is -1.85. The number of carbonyl (C=O) groups excluding carboxylic acids is 1. The molecule has 2 rings (SSSR count). The zero-order valence-corrected chi connectivity index (χ0v) is 12.2. The number of pyridine rings is 1. The zero-order valence-electron chi connectivity index (χ0n) is 11.4. The number of nitrogens with one attached hydrogen (secondary N) is 1. The van der Waals surface area contributed by atoms with Crippen molar-refractivity contribution in [3.63, 3.8) is 0 Å². The van der Waals surface area contributed by atoms with Crippen molar-refractivity contribution < 1.29 is 4.79 Å². The Morgan fingerprint density at radius 3 is 2.70 bits per heavy atom. The van der Waals surface area contributed by atoms with E-state index in [1.165, 1.54) is 6.07 Å². The third kappa shape index (κ3) is 3.00. The van der Waals surface area contributed by atoms with Gasteiger partial charge in [0.15, 0.2) is 0 Å². The number of para-hydroxylation sites is 1. The fraction of sp³-hybridized carbons (Fsp3) is 0.286. The minimum absolute atomic E-state index is 0. The summed E-state index contributed by atoms with van der Waals surface area (Å²) in [6.07, 6.45) is 0. The van der Waals surface area contributed by atoms with Crippen LogP contribution in [0.15, 0.2) is 35.1 Å². The Kier molecular flexibility index (Phi) is 5.30. The van der Waals surface area contributed by atoms with Gasteiger partial charge < -0.3 is 15.6 Å². The maximum Gasteiger partial charge on any atom is 0.254 e. The lowest BCUT2D eigenvalue weighted by atomic mass is 10.1. The average Bonchev–Trinajstić information content (AvgIpc) is 2.43. The second-order valence-electron chi connectivity index (χ2n) is 4.59. The molecule has 0 bridgehead atoms. The van der Waals surface area contributed by atoms with Gasteiger partial charge in [-0.15, -0.1) is 12.4 Å². The Balaban J connectivity index is 0.00000200. The van der Waals surface area contributed by atoms with E-state index in [1.807, 2.05) is 25.1 Å². The normalized spacial score (nSPS) is 11.8. The van der Waals surface area contributed by atoms with Crippen LogP contribution in [0.5, 0.6) is 0 Å². The molecule has 108 valence electrons. The fourth-order valence-electron chi connectivity index (χ4n) is 1.93. The van der Waals surface area contributed by atoms with Gasteiger partial charge in [-0.25, -0.2) is 0 Å². The third-order valence-electron chi connectivity index (χ3n) is 3.30. The molecular weight excluding hydrogens is 278 g/mol. The van der Waals surface area contributed by atoms with E-state index in [1.54, 1.807) is 18.0 Å². The van der Waals surface area contributed by atoms with Gasteiger partial charge >= 0.3 is 0 Å². The minimum atomic E-state index is -0.282. The van der Waals surface area contributed by atoms with E-state index in [2.05, 4.69) is 4.98 Å². The first-order valence-corrected chi connectivity index (χ1v) is 6.14. The number of nitrogens with two attached hydrogens (primary N) is 1. The molecule has 1 unspecified atom stereocenters. The fourth-order valence-corrected chi connectivity index (χ4v) is 1.93. The third-order valence-corrected chi connectivity index (χ3v) is 3.30. The molecule has 5 nitrogen and oxygen atoms in total. The van der Waals surface area contributed by atoms with Crippen LogP contribution in [0.2, 0.25) is 0 Å². The first-order valence-electron chi connectivity index (χ1n) is 6.14. The summed E-state index contributed by atoms with van der Waals surface area (Å²) in [5.74, 6) is -0.194. The summed E-state index contributed by atoms with van der Waals surface area (Å²) >= 11 is 0. The van der Waals surface area contributed by atoms with Gasteiger partial charge in [-0.3, -0.25) is 9.59 Å². The molecule has 0 fully saturated rings. The van der Waals surface area contributed by atoms with Gasteiger partial charge in [-0.05, 0) is 13.0 Å². The van der Waals surface area contributed by atoms with Crippen molar-refractivity contribution in [2.24, 2.45) is 5.73 Å². The summed E-state index contributed by atoms with van der Waals surface area (Å²) in [5, 5.41) is 0.739. The molecule has 3 N–H and O–H groups in total. The summed E-state index contributed by atoms with van der Waals surface area (Å²) < 4.78 is 0. The molecule has 0 aliphatic heterocycles. The van der Waals surface area contributed by atoms with E-state index >= 15 is 0 Å². The summed E-state index contributed by atoms with van der Waals surface area (Å²) in [4.78, 5) is 28.3. The molecule has 1 aromatic heterocycles. The summed E-state index contributed by atoms with van der Waals surface area (Å²) in [6, 6.07) is 8.51. The molecule has 0 aliphatic carbocycles. The van der Waals surface area contributed by atoms with Gasteiger partial charge in [0, 0.05) is 36.6 Å². The second-order valence-corrected chi connectivity index (χ2v) is 4.59. The molecule has 6 heteroatoms. The van der Waals surface area contributed by atoms with E-state index < -0.39 is 0 Å². The highest BCUT2D eigenvalue weighted by atomic mass is 35.5. The highest BCUT2D eigenvalue weighted by Crippen LogP contribution is 2.16. The molecule has 0 spiro atoms. The molecule has 1 atom stereocenters. The SMILES string of the molecule is CC(CN)N(C)C(=O)c1cc(=O)[nH]c2ccccc12.Cl. The monoisotopic (exact) mass is 295 g/mol. The van der Waals surface area contributed by atoms with Crippen LogP contribution in [0.3, 0.4) is 0 Å². The number of H-pyrrole nitrogens is 1. The topological polar surface area (TPSA) is 79.2 Å². The Labute approximate surface area is 123 Å². The Bertz CT molecular complexity index is 669. The lowest BCUT2D eigenvalue weighted by molar-refractivity contribution is 0.0750. The first kappa shape index (κ1) is 16.2. The predicted molar refractivity (Wildman–Crippen MR) is 82.4 cm³/mol. The predicted octanol–water partition coefficient (Wildman–Crippen LogP) is 1.37. The van der Waals surface area contributed by atoms with Crippen LogP contribution in [0.1, 0.15) is 17.3 Å². The number of halogens is 1. The smallest absolute Gasteiger partial charge is 0.254 e. The lowest BCUT2D eigenvalue weighted by Gasteiger charge is -2.24. The van der Waals surface area contributed by atoms with Crippen LogP contribution < -0.4 is 11.3 Å². The van der Waals surface area contributed by atoms with Crippen molar-refractivity contribution in [2.75, 3.05) is 13.6 Å². The number of fused-ring (bicyclic) bond motifs is 1. The Morgan fingerprint density at radius 2 is 2.05 bits per heavy atom. The molecule has 1 amide bonds. The standard InChI is InChI=1S/C14H17N3O2.ClH/c1-9(8-15)17(2)14(19)11-7-13(18)16-12-6-4-3-5-10(11)12;/h3-7,9H,8,15H2,1-2H3,(H,16,18);1H. The van der Waals surface area contributed by atoms with E-state index in [9.17, 15) is 9.59 Å². The molecule has 0 radical (unpaired) electrons. The molecule has 20 heavy (non-hydrogen) atoms. The van der Waals surface area contributed by atoms with Crippen LogP contribution in [-0.4, -0.2) is 35.4 Å². The minimum Gasteiger partial charge on any atom is -0.338 e. The number of hydrogen-bond donors (Lipinski definition) is 2. The second kappa shape index (κ2) is 6.54. The molecule has 1 heterocycles. The number of amides is 1. The van der Waals surface area contributed by atoms with Crippen LogP contribution in [0.25, 0.3) is 10.9 Å². The maximum atomic E-state index is 12.4. The number of hydrogen-bond acceptors (Lipinski definition) is 3.